The normalized spacial score (nSPS) is 11.2. The number of carbonyl (C=O) groups is 1. The molecule has 3 aromatic carbocycles. The fourth-order valence-corrected chi connectivity index (χ4v) is 3.98. The van der Waals surface area contributed by atoms with Crippen molar-refractivity contribution < 1.29 is 4.79 Å². The summed E-state index contributed by atoms with van der Waals surface area (Å²) < 4.78 is 3.98. The summed E-state index contributed by atoms with van der Waals surface area (Å²) >= 11 is 0. The van der Waals surface area contributed by atoms with Crippen molar-refractivity contribution in [3.63, 3.8) is 0 Å². The van der Waals surface area contributed by atoms with Crippen molar-refractivity contribution in [2.24, 2.45) is 0 Å². The van der Waals surface area contributed by atoms with Crippen LogP contribution in [0.1, 0.15) is 16.7 Å². The lowest BCUT2D eigenvalue weighted by Gasteiger charge is -2.10. The molecule has 8 nitrogen and oxygen atoms in total. The minimum Gasteiger partial charge on any atom is -0.350 e. The first kappa shape index (κ1) is 21.4. The van der Waals surface area contributed by atoms with E-state index in [4.69, 9.17) is 0 Å². The van der Waals surface area contributed by atoms with E-state index >= 15 is 0 Å². The molecule has 5 aromatic rings. The van der Waals surface area contributed by atoms with Gasteiger partial charge in [-0.1, -0.05) is 72.3 Å². The molecule has 0 aliphatic rings. The van der Waals surface area contributed by atoms with Gasteiger partial charge >= 0.3 is 5.69 Å². The van der Waals surface area contributed by atoms with Crippen LogP contribution in [-0.4, -0.2) is 24.7 Å². The Bertz CT molecular complexity index is 1610. The topological polar surface area (TPSA) is 90.4 Å². The van der Waals surface area contributed by atoms with E-state index in [0.717, 1.165) is 21.4 Å². The van der Waals surface area contributed by atoms with Crippen LogP contribution in [0.2, 0.25) is 0 Å². The number of rotatable bonds is 6. The first-order valence-electron chi connectivity index (χ1n) is 11.0. The zero-order chi connectivity index (χ0) is 23.7. The second kappa shape index (κ2) is 8.82. The van der Waals surface area contributed by atoms with Crippen LogP contribution in [0.5, 0.6) is 0 Å². The van der Waals surface area contributed by atoms with Gasteiger partial charge in [0.25, 0.3) is 5.56 Å². The van der Waals surface area contributed by atoms with Crippen molar-refractivity contribution in [3.8, 4) is 0 Å². The summed E-state index contributed by atoms with van der Waals surface area (Å²) in [6.45, 7) is 2.35. The minimum absolute atomic E-state index is 0.199. The Morgan fingerprint density at radius 1 is 0.882 bits per heavy atom. The number of benzene rings is 3. The molecule has 0 aliphatic heterocycles. The van der Waals surface area contributed by atoms with Crippen molar-refractivity contribution in [2.45, 2.75) is 26.6 Å². The van der Waals surface area contributed by atoms with Gasteiger partial charge in [-0.25, -0.2) is 13.9 Å². The summed E-state index contributed by atoms with van der Waals surface area (Å²) in [4.78, 5) is 39.2. The van der Waals surface area contributed by atoms with Crippen LogP contribution in [0, 0.1) is 6.92 Å². The summed E-state index contributed by atoms with van der Waals surface area (Å²) in [6, 6.07) is 24.3. The maximum Gasteiger partial charge on any atom is 0.352 e. The number of carbonyl (C=O) groups excluding carboxylic acids is 1. The molecular weight excluding hydrogens is 430 g/mol. The highest BCUT2D eigenvalue weighted by Gasteiger charge is 2.18. The van der Waals surface area contributed by atoms with Crippen molar-refractivity contribution in [2.75, 3.05) is 0 Å². The minimum atomic E-state index is -0.473. The number of para-hydroxylation sites is 1. The van der Waals surface area contributed by atoms with E-state index in [2.05, 4.69) is 10.4 Å². The molecule has 0 fully saturated rings. The second-order valence-electron chi connectivity index (χ2n) is 8.23. The summed E-state index contributed by atoms with van der Waals surface area (Å²) in [5.41, 5.74) is 2.72. The van der Waals surface area contributed by atoms with Gasteiger partial charge in [0.1, 0.15) is 6.54 Å². The lowest BCUT2D eigenvalue weighted by atomic mass is 10.1. The van der Waals surface area contributed by atoms with Gasteiger partial charge in [0.15, 0.2) is 0 Å². The standard InChI is InChI=1S/C26H23N5O3/c1-18-11-13-20(14-12-18)16-29-24(33)21-9-5-6-10-22(21)31-25(29)28-30(26(31)34)17-23(32)27-15-19-7-3-2-4-8-19/h2-14H,15-17H2,1H3,(H,27,32). The number of hydrogen-bond acceptors (Lipinski definition) is 4. The Labute approximate surface area is 194 Å². The molecule has 34 heavy (non-hydrogen) atoms. The summed E-state index contributed by atoms with van der Waals surface area (Å²) in [5.74, 6) is -0.142. The van der Waals surface area contributed by atoms with E-state index in [9.17, 15) is 14.4 Å². The van der Waals surface area contributed by atoms with E-state index in [0.29, 0.717) is 17.4 Å². The molecule has 0 saturated carbocycles. The molecule has 5 rings (SSSR count). The molecule has 0 spiro atoms. The average molecular weight is 454 g/mol. The number of hydrogen-bond donors (Lipinski definition) is 1. The molecule has 2 heterocycles. The van der Waals surface area contributed by atoms with Crippen molar-refractivity contribution >= 4 is 22.6 Å². The molecule has 0 radical (unpaired) electrons. The number of nitrogens with one attached hydrogen (secondary N) is 1. The molecule has 170 valence electrons. The van der Waals surface area contributed by atoms with Crippen molar-refractivity contribution in [3.05, 3.63) is 116 Å². The Balaban J connectivity index is 1.55. The zero-order valence-electron chi connectivity index (χ0n) is 18.6. The third-order valence-corrected chi connectivity index (χ3v) is 5.77. The quantitative estimate of drug-likeness (QED) is 0.428. The molecule has 0 aliphatic carbocycles. The van der Waals surface area contributed by atoms with Crippen LogP contribution < -0.4 is 16.6 Å². The molecule has 2 aromatic heterocycles. The fraction of sp³-hybridized carbons (Fsp3) is 0.154. The van der Waals surface area contributed by atoms with E-state index in [-0.39, 0.29) is 30.3 Å². The van der Waals surface area contributed by atoms with E-state index in [1.54, 1.807) is 24.3 Å². The maximum atomic E-state index is 13.3. The van der Waals surface area contributed by atoms with Gasteiger partial charge in [-0.15, -0.1) is 5.10 Å². The van der Waals surface area contributed by atoms with Gasteiger partial charge in [0.2, 0.25) is 11.7 Å². The predicted molar refractivity (Wildman–Crippen MR) is 130 cm³/mol. The highest BCUT2D eigenvalue weighted by atomic mass is 16.2. The Morgan fingerprint density at radius 2 is 1.59 bits per heavy atom. The van der Waals surface area contributed by atoms with E-state index in [1.165, 1.54) is 8.97 Å². The van der Waals surface area contributed by atoms with E-state index < -0.39 is 5.69 Å². The van der Waals surface area contributed by atoms with Crippen LogP contribution in [0.3, 0.4) is 0 Å². The summed E-state index contributed by atoms with van der Waals surface area (Å²) in [5, 5.41) is 7.63. The molecule has 0 bridgehead atoms. The van der Waals surface area contributed by atoms with Gasteiger partial charge in [-0.3, -0.25) is 14.2 Å². The molecular formula is C26H23N5O3. The third kappa shape index (κ3) is 4.01. The highest BCUT2D eigenvalue weighted by molar-refractivity contribution is 5.80. The van der Waals surface area contributed by atoms with Crippen LogP contribution in [0.4, 0.5) is 0 Å². The predicted octanol–water partition coefficient (Wildman–Crippen LogP) is 2.48. The number of amides is 1. The lowest BCUT2D eigenvalue weighted by Crippen LogP contribution is -2.32. The van der Waals surface area contributed by atoms with E-state index in [1.807, 2.05) is 61.5 Å². The number of aromatic nitrogens is 4. The molecule has 1 amide bonds. The monoisotopic (exact) mass is 453 g/mol. The fourth-order valence-electron chi connectivity index (χ4n) is 3.98. The molecule has 0 saturated heterocycles. The maximum absolute atomic E-state index is 13.3. The Morgan fingerprint density at radius 3 is 2.35 bits per heavy atom. The Hall–Kier alpha value is -4.46. The molecule has 1 N–H and O–H groups in total. The lowest BCUT2D eigenvalue weighted by molar-refractivity contribution is -0.122. The number of fused-ring (bicyclic) bond motifs is 3. The first-order chi connectivity index (χ1) is 16.5. The van der Waals surface area contributed by atoms with Crippen LogP contribution >= 0.6 is 0 Å². The van der Waals surface area contributed by atoms with Crippen LogP contribution in [0.25, 0.3) is 16.7 Å². The zero-order valence-corrected chi connectivity index (χ0v) is 18.6. The Kier molecular flexibility index (Phi) is 5.55. The van der Waals surface area contributed by atoms with Crippen LogP contribution in [-0.2, 0) is 24.4 Å². The smallest absolute Gasteiger partial charge is 0.350 e. The second-order valence-corrected chi connectivity index (χ2v) is 8.23. The highest BCUT2D eigenvalue weighted by Crippen LogP contribution is 2.13. The van der Waals surface area contributed by atoms with Gasteiger partial charge in [-0.05, 0) is 30.2 Å². The number of aryl methyl sites for hydroxylation is 1. The van der Waals surface area contributed by atoms with Gasteiger partial charge < -0.3 is 5.32 Å². The number of nitrogens with zero attached hydrogens (tertiary/aromatic N) is 4. The molecule has 0 atom stereocenters. The van der Waals surface area contributed by atoms with Crippen molar-refractivity contribution in [1.82, 2.24) is 24.1 Å². The molecule has 8 heteroatoms. The summed E-state index contributed by atoms with van der Waals surface area (Å²) in [6.07, 6.45) is 0. The van der Waals surface area contributed by atoms with Gasteiger partial charge in [0.05, 0.1) is 17.4 Å². The van der Waals surface area contributed by atoms with Crippen molar-refractivity contribution in [1.29, 1.82) is 0 Å². The summed E-state index contributed by atoms with van der Waals surface area (Å²) in [7, 11) is 0. The largest absolute Gasteiger partial charge is 0.352 e. The first-order valence-corrected chi connectivity index (χ1v) is 11.0. The SMILES string of the molecule is Cc1ccc(Cn2c(=O)c3ccccc3n3c(=O)n(CC(=O)NCc4ccccc4)nc23)cc1. The molecule has 0 unspecified atom stereocenters. The average Bonchev–Trinajstić information content (AvgIpc) is 3.18. The van der Waals surface area contributed by atoms with Gasteiger partial charge in [0, 0.05) is 6.54 Å². The van der Waals surface area contributed by atoms with Crippen LogP contribution in [0.15, 0.2) is 88.5 Å². The third-order valence-electron chi connectivity index (χ3n) is 5.77. The van der Waals surface area contributed by atoms with Gasteiger partial charge in [-0.2, -0.15) is 0 Å².